The van der Waals surface area contributed by atoms with E-state index in [1.807, 2.05) is 0 Å². The molecule has 4 heteroatoms. The summed E-state index contributed by atoms with van der Waals surface area (Å²) in [6.45, 7) is 10.6. The third-order valence-corrected chi connectivity index (χ3v) is 6.75. The van der Waals surface area contributed by atoms with Crippen LogP contribution in [0.25, 0.3) is 0 Å². The lowest BCUT2D eigenvalue weighted by Crippen LogP contribution is -2.46. The van der Waals surface area contributed by atoms with E-state index in [2.05, 4.69) is 39.9 Å². The van der Waals surface area contributed by atoms with Crippen molar-refractivity contribution in [1.82, 2.24) is 14.7 Å². The van der Waals surface area contributed by atoms with Gasteiger partial charge in [-0.3, -0.25) is 4.90 Å². The summed E-state index contributed by atoms with van der Waals surface area (Å²) in [4.78, 5) is 7.66. The largest absolute Gasteiger partial charge is 0.492 e. The molecule has 27 heavy (non-hydrogen) atoms. The van der Waals surface area contributed by atoms with Gasteiger partial charge in [0.2, 0.25) is 0 Å². The Bertz CT molecular complexity index is 591. The van der Waals surface area contributed by atoms with Crippen LogP contribution in [0.3, 0.4) is 0 Å². The van der Waals surface area contributed by atoms with Crippen molar-refractivity contribution in [2.75, 3.05) is 66.0 Å². The Morgan fingerprint density at radius 2 is 1.74 bits per heavy atom. The van der Waals surface area contributed by atoms with Gasteiger partial charge in [-0.05, 0) is 81.4 Å². The molecule has 2 fully saturated rings. The molecule has 1 aliphatic carbocycles. The van der Waals surface area contributed by atoms with E-state index in [4.69, 9.17) is 4.74 Å². The minimum atomic E-state index is 0.824. The normalized spacial score (nSPS) is 25.3. The van der Waals surface area contributed by atoms with Crippen molar-refractivity contribution in [2.45, 2.75) is 38.5 Å². The molecular formula is C23H37N3O. The lowest BCUT2D eigenvalue weighted by Gasteiger charge is -2.36. The molecular weight excluding hydrogens is 334 g/mol. The van der Waals surface area contributed by atoms with Crippen LogP contribution < -0.4 is 4.74 Å². The molecule has 1 atom stereocenters. The van der Waals surface area contributed by atoms with Gasteiger partial charge in [0.25, 0.3) is 0 Å². The maximum Gasteiger partial charge on any atom is 0.119 e. The number of piperazine rings is 1. The number of likely N-dealkylation sites (tertiary alicyclic amines) is 1. The molecule has 2 saturated heterocycles. The van der Waals surface area contributed by atoms with Crippen molar-refractivity contribution in [1.29, 1.82) is 0 Å². The van der Waals surface area contributed by atoms with Crippen molar-refractivity contribution in [3.05, 3.63) is 29.3 Å². The Morgan fingerprint density at radius 3 is 2.56 bits per heavy atom. The lowest BCUT2D eigenvalue weighted by molar-refractivity contribution is 0.132. The van der Waals surface area contributed by atoms with Crippen LogP contribution in [0.5, 0.6) is 5.75 Å². The molecule has 1 aromatic rings. The zero-order valence-corrected chi connectivity index (χ0v) is 17.2. The molecule has 3 aliphatic rings. The molecule has 1 aromatic carbocycles. The number of hydrogen-bond donors (Lipinski definition) is 0. The second-order valence-corrected chi connectivity index (χ2v) is 8.89. The van der Waals surface area contributed by atoms with Crippen molar-refractivity contribution in [3.8, 4) is 5.75 Å². The predicted molar refractivity (Wildman–Crippen MR) is 112 cm³/mol. The first-order valence-electron chi connectivity index (χ1n) is 11.1. The van der Waals surface area contributed by atoms with Crippen LogP contribution in [0.15, 0.2) is 18.2 Å². The minimum absolute atomic E-state index is 0.824. The molecule has 0 aromatic heterocycles. The highest BCUT2D eigenvalue weighted by atomic mass is 16.5. The van der Waals surface area contributed by atoms with Gasteiger partial charge in [-0.2, -0.15) is 0 Å². The zero-order valence-electron chi connectivity index (χ0n) is 17.2. The van der Waals surface area contributed by atoms with E-state index in [0.29, 0.717) is 0 Å². The molecule has 4 rings (SSSR count). The summed E-state index contributed by atoms with van der Waals surface area (Å²) >= 11 is 0. The summed E-state index contributed by atoms with van der Waals surface area (Å²) in [5, 5.41) is 0. The predicted octanol–water partition coefficient (Wildman–Crippen LogP) is 2.90. The highest BCUT2D eigenvalue weighted by Crippen LogP contribution is 2.29. The van der Waals surface area contributed by atoms with Crippen molar-refractivity contribution in [2.24, 2.45) is 5.92 Å². The molecule has 0 N–H and O–H groups in total. The summed E-state index contributed by atoms with van der Waals surface area (Å²) in [5.41, 5.74) is 3.09. The second kappa shape index (κ2) is 9.40. The first kappa shape index (κ1) is 19.2. The Balaban J connectivity index is 1.24. The van der Waals surface area contributed by atoms with E-state index in [9.17, 15) is 0 Å². The number of hydrogen-bond acceptors (Lipinski definition) is 4. The van der Waals surface area contributed by atoms with Crippen LogP contribution in [0.2, 0.25) is 0 Å². The van der Waals surface area contributed by atoms with Gasteiger partial charge in [0, 0.05) is 39.3 Å². The molecule has 150 valence electrons. The molecule has 0 radical (unpaired) electrons. The van der Waals surface area contributed by atoms with Crippen LogP contribution in [0.1, 0.15) is 36.8 Å². The van der Waals surface area contributed by atoms with Gasteiger partial charge in [0.15, 0.2) is 0 Å². The minimum Gasteiger partial charge on any atom is -0.492 e. The fourth-order valence-electron chi connectivity index (χ4n) is 4.92. The SMILES string of the molecule is CN1CCN(CC2CCc3cc(OCCN4CCCCC4)ccc3C2)CC1. The molecule has 1 unspecified atom stereocenters. The number of ether oxygens (including phenoxy) is 1. The number of fused-ring (bicyclic) bond motifs is 1. The van der Waals surface area contributed by atoms with Crippen LogP contribution in [0, 0.1) is 5.92 Å². The van der Waals surface area contributed by atoms with Gasteiger partial charge in [-0.1, -0.05) is 12.5 Å². The second-order valence-electron chi connectivity index (χ2n) is 8.89. The topological polar surface area (TPSA) is 19.0 Å². The monoisotopic (exact) mass is 371 g/mol. The van der Waals surface area contributed by atoms with Crippen molar-refractivity contribution >= 4 is 0 Å². The zero-order chi connectivity index (χ0) is 18.5. The van der Waals surface area contributed by atoms with Crippen LogP contribution in [0.4, 0.5) is 0 Å². The molecule has 2 heterocycles. The van der Waals surface area contributed by atoms with Gasteiger partial charge in [-0.25, -0.2) is 0 Å². The summed E-state index contributed by atoms with van der Waals surface area (Å²) in [6, 6.07) is 6.85. The van der Waals surface area contributed by atoms with Gasteiger partial charge in [0.05, 0.1) is 0 Å². The van der Waals surface area contributed by atoms with Crippen LogP contribution in [-0.2, 0) is 12.8 Å². The van der Waals surface area contributed by atoms with E-state index in [1.54, 1.807) is 5.56 Å². The number of likely N-dealkylation sites (N-methyl/N-ethyl adjacent to an activating group) is 1. The Hall–Kier alpha value is -1.10. The van der Waals surface area contributed by atoms with Crippen molar-refractivity contribution in [3.63, 3.8) is 0 Å². The average molecular weight is 372 g/mol. The first-order valence-corrected chi connectivity index (χ1v) is 11.1. The number of nitrogens with zero attached hydrogens (tertiary/aromatic N) is 3. The summed E-state index contributed by atoms with van der Waals surface area (Å²) in [7, 11) is 2.24. The van der Waals surface area contributed by atoms with Crippen LogP contribution in [-0.4, -0.2) is 80.7 Å². The van der Waals surface area contributed by atoms with Gasteiger partial charge < -0.3 is 14.5 Å². The van der Waals surface area contributed by atoms with E-state index < -0.39 is 0 Å². The third-order valence-electron chi connectivity index (χ3n) is 6.75. The number of piperidine rings is 1. The standard InChI is InChI=1S/C23H37N3O/c1-24-11-13-26(14-12-24)19-20-5-6-22-18-23(8-7-21(22)17-20)27-16-15-25-9-3-2-4-10-25/h7-8,18,20H,2-6,9-17,19H2,1H3. The van der Waals surface area contributed by atoms with E-state index >= 15 is 0 Å². The summed E-state index contributed by atoms with van der Waals surface area (Å²) < 4.78 is 6.08. The summed E-state index contributed by atoms with van der Waals surface area (Å²) in [5.74, 6) is 1.90. The Morgan fingerprint density at radius 1 is 0.926 bits per heavy atom. The molecule has 0 amide bonds. The number of benzene rings is 1. The van der Waals surface area contributed by atoms with E-state index in [0.717, 1.165) is 24.8 Å². The van der Waals surface area contributed by atoms with Crippen molar-refractivity contribution < 1.29 is 4.74 Å². The van der Waals surface area contributed by atoms with Crippen LogP contribution >= 0.6 is 0 Å². The molecule has 0 spiro atoms. The maximum atomic E-state index is 6.08. The fourth-order valence-corrected chi connectivity index (χ4v) is 4.92. The van der Waals surface area contributed by atoms with Gasteiger partial charge in [0.1, 0.15) is 12.4 Å². The molecule has 0 saturated carbocycles. The molecule has 0 bridgehead atoms. The number of rotatable bonds is 6. The fraction of sp³-hybridized carbons (Fsp3) is 0.739. The quantitative estimate of drug-likeness (QED) is 0.765. The third kappa shape index (κ3) is 5.46. The number of aryl methyl sites for hydroxylation is 1. The van der Waals surface area contributed by atoms with E-state index in [1.165, 1.54) is 89.9 Å². The highest BCUT2D eigenvalue weighted by Gasteiger charge is 2.23. The highest BCUT2D eigenvalue weighted by molar-refractivity contribution is 5.37. The molecule has 2 aliphatic heterocycles. The van der Waals surface area contributed by atoms with E-state index in [-0.39, 0.29) is 0 Å². The summed E-state index contributed by atoms with van der Waals surface area (Å²) in [6.07, 6.45) is 7.91. The smallest absolute Gasteiger partial charge is 0.119 e. The first-order chi connectivity index (χ1) is 13.3. The Labute approximate surface area is 165 Å². The van der Waals surface area contributed by atoms with Gasteiger partial charge >= 0.3 is 0 Å². The lowest BCUT2D eigenvalue weighted by atomic mass is 9.83. The average Bonchev–Trinajstić information content (AvgIpc) is 2.71. The maximum absolute atomic E-state index is 6.08. The Kier molecular flexibility index (Phi) is 6.69. The molecule has 4 nitrogen and oxygen atoms in total. The van der Waals surface area contributed by atoms with Gasteiger partial charge in [-0.15, -0.1) is 0 Å².